The van der Waals surface area contributed by atoms with Crippen LogP contribution in [-0.4, -0.2) is 62.0 Å². The second kappa shape index (κ2) is 9.80. The molecule has 28 heavy (non-hydrogen) atoms. The smallest absolute Gasteiger partial charge is 0.263 e. The second-order valence-corrected chi connectivity index (χ2v) is 8.75. The molecule has 1 aliphatic rings. The maximum atomic E-state index is 12.6. The highest BCUT2D eigenvalue weighted by atomic mass is 32.2. The Balaban J connectivity index is 0.00000420. The van der Waals surface area contributed by atoms with Crippen LogP contribution in [0.4, 0.5) is 5.69 Å². The third-order valence-electron chi connectivity index (χ3n) is 4.22. The standard InChI is InChI=1S/C17H25N5O4S2.H2/c1-2-11-28(25,26)20-14-5-3-13(4-6-14)16(23)21-7-9-22(10-8-21)17(24)15(12-18)27-19;/h3-6,12,20H,2,7-11,18-19H2,1H3;1H/b15-12-;. The molecule has 11 heteroatoms. The number of rotatable bonds is 7. The van der Waals surface area contributed by atoms with Gasteiger partial charge in [-0.1, -0.05) is 6.92 Å². The van der Waals surface area contributed by atoms with E-state index >= 15 is 0 Å². The molecule has 0 radical (unpaired) electrons. The summed E-state index contributed by atoms with van der Waals surface area (Å²) in [5.41, 5.74) is 6.27. The minimum absolute atomic E-state index is 0. The van der Waals surface area contributed by atoms with Crippen LogP contribution < -0.4 is 15.6 Å². The molecule has 1 aromatic carbocycles. The van der Waals surface area contributed by atoms with E-state index in [2.05, 4.69) is 4.72 Å². The van der Waals surface area contributed by atoms with Crippen molar-refractivity contribution in [2.24, 2.45) is 10.9 Å². The van der Waals surface area contributed by atoms with Gasteiger partial charge in [-0.15, -0.1) is 0 Å². The average molecular weight is 430 g/mol. The number of amides is 2. The van der Waals surface area contributed by atoms with Gasteiger partial charge in [-0.3, -0.25) is 19.5 Å². The average Bonchev–Trinajstić information content (AvgIpc) is 2.68. The monoisotopic (exact) mass is 429 g/mol. The van der Waals surface area contributed by atoms with Crippen molar-refractivity contribution < 1.29 is 19.4 Å². The SMILES string of the molecule is CCCS(=O)(=O)Nc1ccc(C(=O)N2CCN(C(=O)/C(=C/N)SN)CC2)cc1.[HH]. The first-order valence-electron chi connectivity index (χ1n) is 8.79. The van der Waals surface area contributed by atoms with Crippen LogP contribution in [0.25, 0.3) is 0 Å². The number of piperazine rings is 1. The Morgan fingerprint density at radius 1 is 1.18 bits per heavy atom. The molecule has 0 spiro atoms. The van der Waals surface area contributed by atoms with E-state index in [1.54, 1.807) is 41.0 Å². The highest BCUT2D eigenvalue weighted by Crippen LogP contribution is 2.16. The lowest BCUT2D eigenvalue weighted by Crippen LogP contribution is -2.50. The number of nitrogens with two attached hydrogens (primary N) is 2. The molecule has 1 heterocycles. The van der Waals surface area contributed by atoms with Crippen LogP contribution in [0.2, 0.25) is 0 Å². The highest BCUT2D eigenvalue weighted by Gasteiger charge is 2.26. The minimum atomic E-state index is -3.37. The molecule has 0 atom stereocenters. The molecule has 1 fully saturated rings. The summed E-state index contributed by atoms with van der Waals surface area (Å²) < 4.78 is 26.1. The number of hydrogen-bond acceptors (Lipinski definition) is 7. The fourth-order valence-electron chi connectivity index (χ4n) is 2.79. The maximum Gasteiger partial charge on any atom is 0.263 e. The van der Waals surface area contributed by atoms with Crippen LogP contribution in [0.1, 0.15) is 25.1 Å². The third-order valence-corrected chi connectivity index (χ3v) is 6.28. The van der Waals surface area contributed by atoms with E-state index < -0.39 is 10.0 Å². The lowest BCUT2D eigenvalue weighted by Gasteiger charge is -2.35. The number of hydrogen-bond donors (Lipinski definition) is 3. The van der Waals surface area contributed by atoms with Crippen molar-refractivity contribution >= 4 is 39.5 Å². The molecule has 9 nitrogen and oxygen atoms in total. The molecule has 2 rings (SSSR count). The number of benzene rings is 1. The first-order chi connectivity index (χ1) is 13.3. The van der Waals surface area contributed by atoms with Crippen molar-refractivity contribution in [3.63, 3.8) is 0 Å². The molecular weight excluding hydrogens is 402 g/mol. The minimum Gasteiger partial charge on any atom is -0.403 e. The fraction of sp³-hybridized carbons (Fsp3) is 0.412. The van der Waals surface area contributed by atoms with Crippen LogP contribution >= 0.6 is 11.9 Å². The predicted octanol–water partition coefficient (Wildman–Crippen LogP) is 0.776. The number of carbonyl (C=O) groups excluding carboxylic acids is 2. The zero-order chi connectivity index (χ0) is 20.7. The lowest BCUT2D eigenvalue weighted by atomic mass is 10.1. The van der Waals surface area contributed by atoms with E-state index in [1.807, 2.05) is 0 Å². The van der Waals surface area contributed by atoms with Crippen LogP contribution in [0.15, 0.2) is 35.4 Å². The zero-order valence-electron chi connectivity index (χ0n) is 15.6. The van der Waals surface area contributed by atoms with Gasteiger partial charge in [-0.2, -0.15) is 0 Å². The summed E-state index contributed by atoms with van der Waals surface area (Å²) in [5, 5.41) is 5.42. The van der Waals surface area contributed by atoms with Gasteiger partial charge < -0.3 is 15.5 Å². The van der Waals surface area contributed by atoms with Gasteiger partial charge in [0.25, 0.3) is 11.8 Å². The van der Waals surface area contributed by atoms with Crippen molar-refractivity contribution in [3.05, 3.63) is 40.9 Å². The Bertz CT molecular complexity index is 838. The van der Waals surface area contributed by atoms with Crippen molar-refractivity contribution in [1.29, 1.82) is 0 Å². The third kappa shape index (κ3) is 5.63. The van der Waals surface area contributed by atoms with Gasteiger partial charge in [0.2, 0.25) is 10.0 Å². The summed E-state index contributed by atoms with van der Waals surface area (Å²) in [4.78, 5) is 28.4. The molecule has 0 aliphatic carbocycles. The molecule has 0 bridgehead atoms. The van der Waals surface area contributed by atoms with E-state index in [1.165, 1.54) is 6.20 Å². The molecule has 1 aliphatic heterocycles. The summed E-state index contributed by atoms with van der Waals surface area (Å²) in [7, 11) is -3.37. The number of sulfonamides is 1. The van der Waals surface area contributed by atoms with E-state index in [9.17, 15) is 18.0 Å². The molecule has 1 aromatic rings. The van der Waals surface area contributed by atoms with Gasteiger partial charge in [0, 0.05) is 45.1 Å². The first-order valence-corrected chi connectivity index (χ1v) is 11.3. The number of carbonyl (C=O) groups is 2. The molecule has 156 valence electrons. The molecular formula is C17H27N5O4S2. The van der Waals surface area contributed by atoms with Crippen molar-refractivity contribution in [3.8, 4) is 0 Å². The second-order valence-electron chi connectivity index (χ2n) is 6.23. The van der Waals surface area contributed by atoms with Gasteiger partial charge in [0.1, 0.15) is 4.91 Å². The summed E-state index contributed by atoms with van der Waals surface area (Å²) in [6, 6.07) is 6.31. The summed E-state index contributed by atoms with van der Waals surface area (Å²) >= 11 is 0.799. The number of nitrogens with zero attached hydrogens (tertiary/aromatic N) is 2. The van der Waals surface area contributed by atoms with Crippen molar-refractivity contribution in [2.75, 3.05) is 36.7 Å². The Morgan fingerprint density at radius 2 is 1.75 bits per heavy atom. The molecule has 5 N–H and O–H groups in total. The number of nitrogens with one attached hydrogen (secondary N) is 1. The number of anilines is 1. The topological polar surface area (TPSA) is 139 Å². The molecule has 2 amide bonds. The van der Waals surface area contributed by atoms with Gasteiger partial charge in [0.05, 0.1) is 5.75 Å². The van der Waals surface area contributed by atoms with E-state index in [0.717, 1.165) is 11.9 Å². The summed E-state index contributed by atoms with van der Waals surface area (Å²) in [5.74, 6) is -0.371. The van der Waals surface area contributed by atoms with Crippen LogP contribution in [0.5, 0.6) is 0 Å². The van der Waals surface area contributed by atoms with Crippen LogP contribution in [0, 0.1) is 0 Å². The normalized spacial score (nSPS) is 15.4. The highest BCUT2D eigenvalue weighted by molar-refractivity contribution is 8.01. The van der Waals surface area contributed by atoms with Crippen LogP contribution in [-0.2, 0) is 14.8 Å². The predicted molar refractivity (Wildman–Crippen MR) is 113 cm³/mol. The lowest BCUT2D eigenvalue weighted by molar-refractivity contribution is -0.127. The molecule has 0 saturated carbocycles. The maximum absolute atomic E-state index is 12.6. The van der Waals surface area contributed by atoms with Crippen LogP contribution in [0.3, 0.4) is 0 Å². The zero-order valence-corrected chi connectivity index (χ0v) is 17.3. The Labute approximate surface area is 170 Å². The van der Waals surface area contributed by atoms with Gasteiger partial charge in [0.15, 0.2) is 0 Å². The van der Waals surface area contributed by atoms with Gasteiger partial charge >= 0.3 is 0 Å². The van der Waals surface area contributed by atoms with Crippen molar-refractivity contribution in [1.82, 2.24) is 9.80 Å². The van der Waals surface area contributed by atoms with Gasteiger partial charge in [-0.25, -0.2) is 8.42 Å². The Hall–Kier alpha value is -2.24. The van der Waals surface area contributed by atoms with E-state index in [4.69, 9.17) is 10.9 Å². The summed E-state index contributed by atoms with van der Waals surface area (Å²) in [6.45, 7) is 3.34. The Morgan fingerprint density at radius 3 is 2.25 bits per heavy atom. The van der Waals surface area contributed by atoms with E-state index in [0.29, 0.717) is 43.9 Å². The largest absolute Gasteiger partial charge is 0.403 e. The summed E-state index contributed by atoms with van der Waals surface area (Å²) in [6.07, 6.45) is 1.70. The fourth-order valence-corrected chi connectivity index (χ4v) is 4.24. The Kier molecular flexibility index (Phi) is 7.72. The molecule has 1 saturated heterocycles. The molecule has 0 aromatic heterocycles. The van der Waals surface area contributed by atoms with E-state index in [-0.39, 0.29) is 23.9 Å². The van der Waals surface area contributed by atoms with Crippen molar-refractivity contribution in [2.45, 2.75) is 13.3 Å². The first kappa shape index (κ1) is 22.1. The molecule has 0 unspecified atom stereocenters. The van der Waals surface area contributed by atoms with Gasteiger partial charge in [-0.05, 0) is 42.6 Å². The quantitative estimate of drug-likeness (QED) is 0.430.